The molecule has 0 radical (unpaired) electrons. The Morgan fingerprint density at radius 2 is 1.70 bits per heavy atom. The van der Waals surface area contributed by atoms with Crippen molar-refractivity contribution in [2.75, 3.05) is 0 Å². The molecule has 0 saturated carbocycles. The first kappa shape index (κ1) is 19.6. The molecule has 4 rings (SSSR count). The summed E-state index contributed by atoms with van der Waals surface area (Å²) in [4.78, 5) is 25.3. The molecule has 1 heterocycles. The Balaban J connectivity index is 1.59. The first-order valence-corrected chi connectivity index (χ1v) is 9.65. The van der Waals surface area contributed by atoms with Crippen LogP contribution in [0.5, 0.6) is 5.75 Å². The van der Waals surface area contributed by atoms with Crippen molar-refractivity contribution in [2.45, 2.75) is 6.61 Å². The van der Waals surface area contributed by atoms with Gasteiger partial charge >= 0.3 is 0 Å². The number of ketones is 1. The van der Waals surface area contributed by atoms with Crippen LogP contribution in [0.2, 0.25) is 5.02 Å². The topological polar surface area (TPSA) is 61.2 Å². The van der Waals surface area contributed by atoms with Crippen LogP contribution >= 0.6 is 11.6 Å². The normalized spacial score (nSPS) is 10.6. The van der Waals surface area contributed by atoms with E-state index in [-0.39, 0.29) is 5.69 Å². The highest BCUT2D eigenvalue weighted by Gasteiger charge is 2.16. The van der Waals surface area contributed by atoms with Crippen molar-refractivity contribution in [3.63, 3.8) is 0 Å². The molecular formula is C24H17ClN2O3. The van der Waals surface area contributed by atoms with Gasteiger partial charge in [-0.05, 0) is 42.0 Å². The summed E-state index contributed by atoms with van der Waals surface area (Å²) >= 11 is 5.92. The molecule has 6 heteroatoms. The molecule has 0 bridgehead atoms. The fraction of sp³-hybridized carbons (Fsp3) is 0.0417. The van der Waals surface area contributed by atoms with Crippen molar-refractivity contribution in [1.82, 2.24) is 9.78 Å². The SMILES string of the molecule is O=C(c1cccc(OCc2ccccc2)c1)c1nn(-c2ccc(Cl)cc2)ccc1=O. The second kappa shape index (κ2) is 8.76. The van der Waals surface area contributed by atoms with Gasteiger partial charge in [0.25, 0.3) is 0 Å². The van der Waals surface area contributed by atoms with Gasteiger partial charge in [0.05, 0.1) is 5.69 Å². The number of nitrogens with zero attached hydrogens (tertiary/aromatic N) is 2. The number of hydrogen-bond donors (Lipinski definition) is 0. The van der Waals surface area contributed by atoms with E-state index in [9.17, 15) is 9.59 Å². The predicted molar refractivity (Wildman–Crippen MR) is 115 cm³/mol. The Morgan fingerprint density at radius 3 is 2.47 bits per heavy atom. The van der Waals surface area contributed by atoms with Crippen molar-refractivity contribution in [3.8, 4) is 11.4 Å². The number of aromatic nitrogens is 2. The molecule has 4 aromatic rings. The van der Waals surface area contributed by atoms with Gasteiger partial charge in [-0.15, -0.1) is 0 Å². The summed E-state index contributed by atoms with van der Waals surface area (Å²) in [5.41, 5.74) is 1.44. The summed E-state index contributed by atoms with van der Waals surface area (Å²) < 4.78 is 7.26. The lowest BCUT2D eigenvalue weighted by atomic mass is 10.1. The number of benzene rings is 3. The van der Waals surface area contributed by atoms with Gasteiger partial charge in [-0.25, -0.2) is 4.68 Å². The molecule has 148 valence electrons. The number of ether oxygens (including phenoxy) is 1. The fourth-order valence-electron chi connectivity index (χ4n) is 2.91. The van der Waals surface area contributed by atoms with Crippen LogP contribution in [0, 0.1) is 0 Å². The number of carbonyl (C=O) groups excluding carboxylic acids is 1. The van der Waals surface area contributed by atoms with E-state index >= 15 is 0 Å². The lowest BCUT2D eigenvalue weighted by Gasteiger charge is -2.09. The third kappa shape index (κ3) is 4.47. The smallest absolute Gasteiger partial charge is 0.217 e. The van der Waals surface area contributed by atoms with Gasteiger partial charge in [-0.3, -0.25) is 9.59 Å². The Hall–Kier alpha value is -3.70. The number of rotatable bonds is 6. The minimum Gasteiger partial charge on any atom is -0.489 e. The summed E-state index contributed by atoms with van der Waals surface area (Å²) in [5, 5.41) is 4.83. The molecule has 0 aliphatic rings. The zero-order valence-electron chi connectivity index (χ0n) is 15.9. The summed E-state index contributed by atoms with van der Waals surface area (Å²) in [6.45, 7) is 0.380. The van der Waals surface area contributed by atoms with Gasteiger partial charge in [0.1, 0.15) is 12.4 Å². The van der Waals surface area contributed by atoms with Crippen LogP contribution < -0.4 is 10.2 Å². The summed E-state index contributed by atoms with van der Waals surface area (Å²) in [6.07, 6.45) is 1.52. The molecule has 0 fully saturated rings. The van der Waals surface area contributed by atoms with Crippen LogP contribution in [0.4, 0.5) is 0 Å². The van der Waals surface area contributed by atoms with E-state index < -0.39 is 11.2 Å². The van der Waals surface area contributed by atoms with Crippen LogP contribution in [-0.4, -0.2) is 15.6 Å². The third-order valence-electron chi connectivity index (χ3n) is 4.46. The second-order valence-corrected chi connectivity index (χ2v) is 7.02. The third-order valence-corrected chi connectivity index (χ3v) is 4.71. The zero-order chi connectivity index (χ0) is 20.9. The van der Waals surface area contributed by atoms with E-state index in [1.165, 1.54) is 16.9 Å². The second-order valence-electron chi connectivity index (χ2n) is 6.58. The van der Waals surface area contributed by atoms with Gasteiger partial charge in [-0.2, -0.15) is 5.10 Å². The molecule has 0 N–H and O–H groups in total. The molecule has 5 nitrogen and oxygen atoms in total. The summed E-state index contributed by atoms with van der Waals surface area (Å²) in [5.74, 6) is 0.0761. The van der Waals surface area contributed by atoms with Crippen LogP contribution in [0.15, 0.2) is 95.9 Å². The molecule has 0 aliphatic carbocycles. The number of hydrogen-bond acceptors (Lipinski definition) is 4. The monoisotopic (exact) mass is 416 g/mol. The summed E-state index contributed by atoms with van der Waals surface area (Å²) in [6, 6.07) is 24.7. The average Bonchev–Trinajstić information content (AvgIpc) is 2.79. The van der Waals surface area contributed by atoms with Gasteiger partial charge < -0.3 is 4.74 Å². The molecule has 3 aromatic carbocycles. The van der Waals surface area contributed by atoms with E-state index in [0.717, 1.165) is 5.56 Å². The molecule has 0 spiro atoms. The number of halogens is 1. The van der Waals surface area contributed by atoms with Crippen molar-refractivity contribution in [1.29, 1.82) is 0 Å². The molecule has 0 saturated heterocycles. The Morgan fingerprint density at radius 1 is 0.933 bits per heavy atom. The number of carbonyl (C=O) groups is 1. The lowest BCUT2D eigenvalue weighted by Crippen LogP contribution is -2.21. The molecular weight excluding hydrogens is 400 g/mol. The molecule has 0 aliphatic heterocycles. The predicted octanol–water partition coefficient (Wildman–Crippen LogP) is 4.70. The standard InChI is InChI=1S/C24H17ClN2O3/c25-19-9-11-20(12-10-19)27-14-13-22(28)23(26-27)24(29)18-7-4-8-21(15-18)30-16-17-5-2-1-3-6-17/h1-15H,16H2. The summed E-state index contributed by atoms with van der Waals surface area (Å²) in [7, 11) is 0. The maximum Gasteiger partial charge on any atom is 0.217 e. The van der Waals surface area contributed by atoms with Crippen molar-refractivity contribution in [3.05, 3.63) is 123 Å². The van der Waals surface area contributed by atoms with E-state index in [1.807, 2.05) is 30.3 Å². The van der Waals surface area contributed by atoms with E-state index in [0.29, 0.717) is 28.6 Å². The van der Waals surface area contributed by atoms with Crippen molar-refractivity contribution in [2.24, 2.45) is 0 Å². The quantitative estimate of drug-likeness (QED) is 0.427. The van der Waals surface area contributed by atoms with Gasteiger partial charge in [0.2, 0.25) is 11.2 Å². The van der Waals surface area contributed by atoms with Crippen LogP contribution in [0.25, 0.3) is 5.69 Å². The highest BCUT2D eigenvalue weighted by Crippen LogP contribution is 2.17. The van der Waals surface area contributed by atoms with E-state index in [4.69, 9.17) is 16.3 Å². The zero-order valence-corrected chi connectivity index (χ0v) is 16.6. The average molecular weight is 417 g/mol. The van der Waals surface area contributed by atoms with Crippen molar-refractivity contribution < 1.29 is 9.53 Å². The largest absolute Gasteiger partial charge is 0.489 e. The van der Waals surface area contributed by atoms with Crippen LogP contribution in [-0.2, 0) is 6.61 Å². The molecule has 0 amide bonds. The first-order valence-electron chi connectivity index (χ1n) is 9.27. The highest BCUT2D eigenvalue weighted by molar-refractivity contribution is 6.30. The van der Waals surface area contributed by atoms with E-state index in [1.54, 1.807) is 48.5 Å². The van der Waals surface area contributed by atoms with Crippen LogP contribution in [0.1, 0.15) is 21.6 Å². The minimum absolute atomic E-state index is 0.160. The Labute approximate surface area is 178 Å². The molecule has 0 atom stereocenters. The van der Waals surface area contributed by atoms with Gasteiger partial charge in [0, 0.05) is 22.8 Å². The fourth-order valence-corrected chi connectivity index (χ4v) is 3.03. The molecule has 1 aromatic heterocycles. The maximum atomic E-state index is 13.0. The maximum absolute atomic E-state index is 13.0. The van der Waals surface area contributed by atoms with Gasteiger partial charge in [0.15, 0.2) is 5.69 Å². The lowest BCUT2D eigenvalue weighted by molar-refractivity contribution is 0.103. The highest BCUT2D eigenvalue weighted by atomic mass is 35.5. The van der Waals surface area contributed by atoms with Crippen molar-refractivity contribution >= 4 is 17.4 Å². The molecule has 30 heavy (non-hydrogen) atoms. The minimum atomic E-state index is -0.464. The van der Waals surface area contributed by atoms with Crippen LogP contribution in [0.3, 0.4) is 0 Å². The van der Waals surface area contributed by atoms with E-state index in [2.05, 4.69) is 5.10 Å². The Bertz CT molecular complexity index is 1240. The Kier molecular flexibility index (Phi) is 5.72. The first-order chi connectivity index (χ1) is 14.6. The molecule has 0 unspecified atom stereocenters. The van der Waals surface area contributed by atoms with Gasteiger partial charge in [-0.1, -0.05) is 54.1 Å².